The Kier molecular flexibility index (Phi) is 5.62. The van der Waals surface area contributed by atoms with E-state index in [9.17, 15) is 0 Å². The van der Waals surface area contributed by atoms with Crippen LogP contribution in [-0.2, 0) is 11.2 Å². The third kappa shape index (κ3) is 3.62. The molecular weight excluding hydrogens is 246 g/mol. The number of nitrogens with one attached hydrogen (secondary N) is 1. The Morgan fingerprint density at radius 3 is 2.70 bits per heavy atom. The van der Waals surface area contributed by atoms with E-state index >= 15 is 0 Å². The van der Waals surface area contributed by atoms with Gasteiger partial charge in [-0.15, -0.1) is 0 Å². The van der Waals surface area contributed by atoms with Crippen LogP contribution in [0.3, 0.4) is 0 Å². The molecule has 3 unspecified atom stereocenters. The zero-order valence-corrected chi connectivity index (χ0v) is 13.4. The highest BCUT2D eigenvalue weighted by Crippen LogP contribution is 2.28. The van der Waals surface area contributed by atoms with Crippen LogP contribution in [0.1, 0.15) is 43.4 Å². The monoisotopic (exact) mass is 275 g/mol. The van der Waals surface area contributed by atoms with E-state index in [-0.39, 0.29) is 0 Å². The van der Waals surface area contributed by atoms with Gasteiger partial charge in [-0.3, -0.25) is 0 Å². The van der Waals surface area contributed by atoms with Crippen molar-refractivity contribution in [1.82, 2.24) is 5.32 Å². The van der Waals surface area contributed by atoms with Gasteiger partial charge in [0.2, 0.25) is 0 Å². The highest BCUT2D eigenvalue weighted by molar-refractivity contribution is 5.30. The molecule has 0 spiro atoms. The van der Waals surface area contributed by atoms with Crippen LogP contribution in [0, 0.1) is 19.8 Å². The molecule has 112 valence electrons. The first-order valence-electron chi connectivity index (χ1n) is 8.06. The molecule has 1 aromatic rings. The largest absolute Gasteiger partial charge is 0.378 e. The summed E-state index contributed by atoms with van der Waals surface area (Å²) < 4.78 is 5.88. The Hall–Kier alpha value is -0.860. The molecular formula is C18H29NO. The molecule has 2 heteroatoms. The molecule has 0 radical (unpaired) electrons. The summed E-state index contributed by atoms with van der Waals surface area (Å²) in [4.78, 5) is 0. The fraction of sp³-hybridized carbons (Fsp3) is 0.667. The Morgan fingerprint density at radius 2 is 2.05 bits per heavy atom. The Bertz CT molecular complexity index is 429. The minimum atomic E-state index is 0.436. The summed E-state index contributed by atoms with van der Waals surface area (Å²) in [6, 6.07) is 7.41. The van der Waals surface area contributed by atoms with Crippen molar-refractivity contribution in [3.8, 4) is 0 Å². The number of hydrogen-bond acceptors (Lipinski definition) is 2. The number of rotatable bonds is 6. The minimum absolute atomic E-state index is 0.436. The number of ether oxygens (including phenoxy) is 1. The summed E-state index contributed by atoms with van der Waals surface area (Å²) >= 11 is 0. The lowest BCUT2D eigenvalue weighted by atomic mass is 9.86. The molecule has 1 aliphatic heterocycles. The van der Waals surface area contributed by atoms with Gasteiger partial charge in [-0.05, 0) is 56.3 Å². The molecule has 0 bridgehead atoms. The highest BCUT2D eigenvalue weighted by atomic mass is 16.5. The van der Waals surface area contributed by atoms with E-state index in [1.807, 2.05) is 0 Å². The summed E-state index contributed by atoms with van der Waals surface area (Å²) in [7, 11) is 0. The zero-order chi connectivity index (χ0) is 14.5. The molecule has 0 aromatic heterocycles. The van der Waals surface area contributed by atoms with E-state index in [0.29, 0.717) is 18.1 Å². The SMILES string of the molecule is CCNC(Cc1ccc(C)c(C)c1)C1CCOC1CC. The highest BCUT2D eigenvalue weighted by Gasteiger charge is 2.33. The van der Waals surface area contributed by atoms with E-state index in [1.54, 1.807) is 0 Å². The zero-order valence-electron chi connectivity index (χ0n) is 13.4. The fourth-order valence-corrected chi connectivity index (χ4v) is 3.37. The first-order valence-corrected chi connectivity index (χ1v) is 8.06. The second kappa shape index (κ2) is 7.24. The minimum Gasteiger partial charge on any atom is -0.378 e. The predicted octanol–water partition coefficient (Wildman–Crippen LogP) is 3.64. The van der Waals surface area contributed by atoms with E-state index in [1.165, 1.54) is 23.1 Å². The van der Waals surface area contributed by atoms with Crippen molar-refractivity contribution in [2.75, 3.05) is 13.2 Å². The van der Waals surface area contributed by atoms with Crippen LogP contribution in [0.15, 0.2) is 18.2 Å². The van der Waals surface area contributed by atoms with Crippen LogP contribution in [0.25, 0.3) is 0 Å². The van der Waals surface area contributed by atoms with Crippen molar-refractivity contribution >= 4 is 0 Å². The van der Waals surface area contributed by atoms with E-state index in [4.69, 9.17) is 4.74 Å². The van der Waals surface area contributed by atoms with Crippen LogP contribution in [0.2, 0.25) is 0 Å². The van der Waals surface area contributed by atoms with Crippen molar-refractivity contribution in [2.45, 2.75) is 59.1 Å². The maximum absolute atomic E-state index is 5.88. The van der Waals surface area contributed by atoms with Crippen molar-refractivity contribution in [3.05, 3.63) is 34.9 Å². The smallest absolute Gasteiger partial charge is 0.0616 e. The van der Waals surface area contributed by atoms with Gasteiger partial charge in [0, 0.05) is 18.6 Å². The van der Waals surface area contributed by atoms with Crippen LogP contribution in [0.4, 0.5) is 0 Å². The van der Waals surface area contributed by atoms with Crippen LogP contribution >= 0.6 is 0 Å². The maximum atomic E-state index is 5.88. The number of benzene rings is 1. The van der Waals surface area contributed by atoms with Crippen LogP contribution in [-0.4, -0.2) is 25.3 Å². The van der Waals surface area contributed by atoms with Gasteiger partial charge >= 0.3 is 0 Å². The van der Waals surface area contributed by atoms with Crippen molar-refractivity contribution in [2.24, 2.45) is 5.92 Å². The molecule has 1 heterocycles. The molecule has 1 aromatic carbocycles. The summed E-state index contributed by atoms with van der Waals surface area (Å²) in [5, 5.41) is 3.69. The lowest BCUT2D eigenvalue weighted by Gasteiger charge is -2.28. The third-order valence-electron chi connectivity index (χ3n) is 4.67. The summed E-state index contributed by atoms with van der Waals surface area (Å²) in [6.45, 7) is 10.8. The Balaban J connectivity index is 2.10. The molecule has 1 saturated heterocycles. The third-order valence-corrected chi connectivity index (χ3v) is 4.67. The fourth-order valence-electron chi connectivity index (χ4n) is 3.37. The van der Waals surface area contributed by atoms with Gasteiger partial charge in [0.1, 0.15) is 0 Å². The first-order chi connectivity index (χ1) is 9.65. The summed E-state index contributed by atoms with van der Waals surface area (Å²) in [5.74, 6) is 0.654. The van der Waals surface area contributed by atoms with E-state index in [2.05, 4.69) is 51.2 Å². The van der Waals surface area contributed by atoms with Gasteiger partial charge in [-0.2, -0.15) is 0 Å². The molecule has 2 nitrogen and oxygen atoms in total. The van der Waals surface area contributed by atoms with Crippen molar-refractivity contribution < 1.29 is 4.74 Å². The second-order valence-electron chi connectivity index (χ2n) is 6.06. The molecule has 3 atom stereocenters. The lowest BCUT2D eigenvalue weighted by Crippen LogP contribution is -2.41. The molecule has 2 rings (SSSR count). The number of hydrogen-bond donors (Lipinski definition) is 1. The van der Waals surface area contributed by atoms with Crippen molar-refractivity contribution in [1.29, 1.82) is 0 Å². The van der Waals surface area contributed by atoms with Gasteiger partial charge in [-0.1, -0.05) is 32.0 Å². The summed E-state index contributed by atoms with van der Waals surface area (Å²) in [5.41, 5.74) is 4.22. The van der Waals surface area contributed by atoms with Gasteiger partial charge in [0.05, 0.1) is 6.10 Å². The number of aryl methyl sites for hydroxylation is 2. The standard InChI is InChI=1S/C18H29NO/c1-5-18-16(9-10-20-18)17(19-6-2)12-15-8-7-13(3)14(4)11-15/h7-8,11,16-19H,5-6,9-10,12H2,1-4H3. The maximum Gasteiger partial charge on any atom is 0.0616 e. The molecule has 0 amide bonds. The molecule has 20 heavy (non-hydrogen) atoms. The normalized spacial score (nSPS) is 24.0. The molecule has 1 fully saturated rings. The van der Waals surface area contributed by atoms with Crippen molar-refractivity contribution in [3.63, 3.8) is 0 Å². The molecule has 1 aliphatic rings. The second-order valence-corrected chi connectivity index (χ2v) is 6.06. The molecule has 1 N–H and O–H groups in total. The molecule has 0 aliphatic carbocycles. The van der Waals surface area contributed by atoms with Crippen LogP contribution < -0.4 is 5.32 Å². The Labute approximate surface area is 123 Å². The quantitative estimate of drug-likeness (QED) is 0.856. The average Bonchev–Trinajstić information content (AvgIpc) is 2.90. The predicted molar refractivity (Wildman–Crippen MR) is 85.2 cm³/mol. The van der Waals surface area contributed by atoms with Gasteiger partial charge in [0.15, 0.2) is 0 Å². The van der Waals surface area contributed by atoms with Gasteiger partial charge < -0.3 is 10.1 Å². The van der Waals surface area contributed by atoms with Crippen LogP contribution in [0.5, 0.6) is 0 Å². The van der Waals surface area contributed by atoms with Gasteiger partial charge in [0.25, 0.3) is 0 Å². The lowest BCUT2D eigenvalue weighted by molar-refractivity contribution is 0.0776. The van der Waals surface area contributed by atoms with Gasteiger partial charge in [-0.25, -0.2) is 0 Å². The molecule has 0 saturated carbocycles. The van der Waals surface area contributed by atoms with E-state index < -0.39 is 0 Å². The topological polar surface area (TPSA) is 21.3 Å². The van der Waals surface area contributed by atoms with E-state index in [0.717, 1.165) is 26.0 Å². The first kappa shape index (κ1) is 15.5. The number of likely N-dealkylation sites (N-methyl/N-ethyl adjacent to an activating group) is 1. The average molecular weight is 275 g/mol. The summed E-state index contributed by atoms with van der Waals surface area (Å²) in [6.07, 6.45) is 3.87. The Morgan fingerprint density at radius 1 is 1.25 bits per heavy atom.